The van der Waals surface area contributed by atoms with Crippen molar-refractivity contribution < 1.29 is 0 Å². The van der Waals surface area contributed by atoms with Gasteiger partial charge in [-0.15, -0.1) is 11.3 Å². The lowest BCUT2D eigenvalue weighted by Gasteiger charge is -2.14. The molecule has 1 atom stereocenters. The lowest BCUT2D eigenvalue weighted by Crippen LogP contribution is -2.17. The van der Waals surface area contributed by atoms with Crippen LogP contribution in [-0.4, -0.2) is 12.0 Å². The second kappa shape index (κ2) is 5.95. The molecule has 1 heterocycles. The van der Waals surface area contributed by atoms with Crippen molar-refractivity contribution in [3.63, 3.8) is 0 Å². The van der Waals surface area contributed by atoms with Crippen LogP contribution in [0, 0.1) is 6.92 Å². The number of nitrogens with zero attached hydrogens (tertiary/aromatic N) is 1. The van der Waals surface area contributed by atoms with E-state index in [4.69, 9.17) is 4.98 Å². The molecule has 1 unspecified atom stereocenters. The fourth-order valence-electron chi connectivity index (χ4n) is 2.02. The van der Waals surface area contributed by atoms with E-state index in [1.807, 2.05) is 13.1 Å². The second-order valence-electron chi connectivity index (χ2n) is 4.19. The summed E-state index contributed by atoms with van der Waals surface area (Å²) in [5.41, 5.74) is 2.45. The molecule has 0 aliphatic rings. The molecule has 1 aromatic carbocycles. The van der Waals surface area contributed by atoms with Crippen molar-refractivity contribution in [2.45, 2.75) is 26.3 Å². The van der Waals surface area contributed by atoms with E-state index in [2.05, 4.69) is 53.3 Å². The minimum atomic E-state index is 0.173. The average Bonchev–Trinajstić information content (AvgIpc) is 2.71. The van der Waals surface area contributed by atoms with E-state index in [1.54, 1.807) is 11.3 Å². The van der Waals surface area contributed by atoms with Crippen molar-refractivity contribution in [2.24, 2.45) is 0 Å². The van der Waals surface area contributed by atoms with E-state index in [1.165, 1.54) is 16.1 Å². The predicted octanol–water partition coefficient (Wildman–Crippen LogP) is 4.09. The molecule has 0 saturated heterocycles. The topological polar surface area (TPSA) is 24.9 Å². The SMILES string of the molecule is CCc1nc(C(NC)c2cccc(Br)c2)sc1C. The van der Waals surface area contributed by atoms with E-state index >= 15 is 0 Å². The van der Waals surface area contributed by atoms with Crippen molar-refractivity contribution in [1.82, 2.24) is 10.3 Å². The molecule has 0 radical (unpaired) electrons. The van der Waals surface area contributed by atoms with Crippen molar-refractivity contribution in [2.75, 3.05) is 7.05 Å². The third-order valence-corrected chi connectivity index (χ3v) is 4.53. The summed E-state index contributed by atoms with van der Waals surface area (Å²) in [4.78, 5) is 6.07. The first kappa shape index (κ1) is 13.7. The molecule has 0 spiro atoms. The Kier molecular flexibility index (Phi) is 4.54. The van der Waals surface area contributed by atoms with E-state index < -0.39 is 0 Å². The third-order valence-electron chi connectivity index (χ3n) is 2.96. The zero-order chi connectivity index (χ0) is 13.1. The van der Waals surface area contributed by atoms with Gasteiger partial charge in [-0.05, 0) is 38.1 Å². The lowest BCUT2D eigenvalue weighted by molar-refractivity contribution is 0.683. The van der Waals surface area contributed by atoms with Crippen LogP contribution < -0.4 is 5.32 Å². The Morgan fingerprint density at radius 2 is 2.22 bits per heavy atom. The van der Waals surface area contributed by atoms with Crippen molar-refractivity contribution in [1.29, 1.82) is 0 Å². The van der Waals surface area contributed by atoms with Gasteiger partial charge in [0.15, 0.2) is 0 Å². The number of aryl methyl sites for hydroxylation is 2. The summed E-state index contributed by atoms with van der Waals surface area (Å²) in [6.07, 6.45) is 0.997. The molecule has 2 rings (SSSR count). The Morgan fingerprint density at radius 3 is 2.78 bits per heavy atom. The average molecular weight is 325 g/mol. The highest BCUT2D eigenvalue weighted by molar-refractivity contribution is 9.10. The Labute approximate surface area is 121 Å². The molecule has 0 fully saturated rings. The molecule has 0 bridgehead atoms. The second-order valence-corrected chi connectivity index (χ2v) is 6.34. The van der Waals surface area contributed by atoms with Gasteiger partial charge < -0.3 is 5.32 Å². The third kappa shape index (κ3) is 2.82. The van der Waals surface area contributed by atoms with E-state index in [-0.39, 0.29) is 6.04 Å². The Morgan fingerprint density at radius 1 is 1.44 bits per heavy atom. The van der Waals surface area contributed by atoms with Crippen LogP contribution in [0.4, 0.5) is 0 Å². The highest BCUT2D eigenvalue weighted by atomic mass is 79.9. The number of rotatable bonds is 4. The van der Waals surface area contributed by atoms with Gasteiger partial charge in [-0.25, -0.2) is 4.98 Å². The van der Waals surface area contributed by atoms with Gasteiger partial charge in [0.25, 0.3) is 0 Å². The van der Waals surface area contributed by atoms with Gasteiger partial charge >= 0.3 is 0 Å². The Bertz CT molecular complexity index is 536. The molecule has 0 aliphatic carbocycles. The summed E-state index contributed by atoms with van der Waals surface area (Å²) in [7, 11) is 1.98. The molecule has 1 aromatic heterocycles. The molecular weight excluding hydrogens is 308 g/mol. The number of thiazole rings is 1. The van der Waals surface area contributed by atoms with Gasteiger partial charge in [0.2, 0.25) is 0 Å². The molecular formula is C14H17BrN2S. The molecule has 0 amide bonds. The minimum Gasteiger partial charge on any atom is -0.307 e. The van der Waals surface area contributed by atoms with Crippen LogP contribution in [0.3, 0.4) is 0 Å². The summed E-state index contributed by atoms with van der Waals surface area (Å²) in [5.74, 6) is 0. The highest BCUT2D eigenvalue weighted by Crippen LogP contribution is 2.29. The minimum absolute atomic E-state index is 0.173. The highest BCUT2D eigenvalue weighted by Gasteiger charge is 2.17. The number of benzene rings is 1. The van der Waals surface area contributed by atoms with E-state index in [0.717, 1.165) is 15.9 Å². The molecule has 2 aromatic rings. The van der Waals surface area contributed by atoms with Gasteiger partial charge in [-0.2, -0.15) is 0 Å². The number of halogens is 1. The number of hydrogen-bond donors (Lipinski definition) is 1. The van der Waals surface area contributed by atoms with Crippen LogP contribution in [0.25, 0.3) is 0 Å². The van der Waals surface area contributed by atoms with Crippen molar-refractivity contribution in [3.05, 3.63) is 49.9 Å². The first-order valence-electron chi connectivity index (χ1n) is 6.04. The smallest absolute Gasteiger partial charge is 0.115 e. The number of aromatic nitrogens is 1. The maximum Gasteiger partial charge on any atom is 0.115 e. The quantitative estimate of drug-likeness (QED) is 0.916. The molecule has 0 saturated carbocycles. The van der Waals surface area contributed by atoms with Crippen LogP contribution >= 0.6 is 27.3 Å². The summed E-state index contributed by atoms with van der Waals surface area (Å²) >= 11 is 5.30. The fourth-order valence-corrected chi connectivity index (χ4v) is 3.59. The number of hydrogen-bond acceptors (Lipinski definition) is 3. The van der Waals surface area contributed by atoms with Gasteiger partial charge in [0.1, 0.15) is 5.01 Å². The summed E-state index contributed by atoms with van der Waals surface area (Å²) in [6, 6.07) is 8.55. The zero-order valence-corrected chi connectivity index (χ0v) is 13.2. The Hall–Kier alpha value is -0.710. The first-order chi connectivity index (χ1) is 8.65. The molecule has 4 heteroatoms. The van der Waals surface area contributed by atoms with Crippen LogP contribution in [0.15, 0.2) is 28.7 Å². The van der Waals surface area contributed by atoms with Gasteiger partial charge in [-0.1, -0.05) is 35.0 Å². The van der Waals surface area contributed by atoms with Gasteiger partial charge in [0, 0.05) is 9.35 Å². The molecule has 18 heavy (non-hydrogen) atoms. The Balaban J connectivity index is 2.38. The lowest BCUT2D eigenvalue weighted by atomic mass is 10.1. The summed E-state index contributed by atoms with van der Waals surface area (Å²) in [6.45, 7) is 4.30. The van der Waals surface area contributed by atoms with Crippen molar-refractivity contribution >= 4 is 27.3 Å². The largest absolute Gasteiger partial charge is 0.307 e. The van der Waals surface area contributed by atoms with Gasteiger partial charge in [-0.3, -0.25) is 0 Å². The van der Waals surface area contributed by atoms with Crippen LogP contribution in [-0.2, 0) is 6.42 Å². The van der Waals surface area contributed by atoms with E-state index in [0.29, 0.717) is 0 Å². The maximum absolute atomic E-state index is 4.75. The number of nitrogens with one attached hydrogen (secondary N) is 1. The fraction of sp³-hybridized carbons (Fsp3) is 0.357. The monoisotopic (exact) mass is 324 g/mol. The summed E-state index contributed by atoms with van der Waals surface area (Å²) in [5, 5.41) is 4.50. The van der Waals surface area contributed by atoms with Crippen LogP contribution in [0.5, 0.6) is 0 Å². The first-order valence-corrected chi connectivity index (χ1v) is 7.65. The standard InChI is InChI=1S/C14H17BrN2S/c1-4-12-9(2)18-14(17-12)13(16-3)10-6-5-7-11(15)8-10/h5-8,13,16H,4H2,1-3H3. The molecule has 96 valence electrons. The molecule has 2 nitrogen and oxygen atoms in total. The predicted molar refractivity (Wildman–Crippen MR) is 81.3 cm³/mol. The van der Waals surface area contributed by atoms with Crippen molar-refractivity contribution in [3.8, 4) is 0 Å². The molecule has 1 N–H and O–H groups in total. The normalized spacial score (nSPS) is 12.7. The maximum atomic E-state index is 4.75. The van der Waals surface area contributed by atoms with Crippen LogP contribution in [0.1, 0.15) is 34.1 Å². The zero-order valence-electron chi connectivity index (χ0n) is 10.8. The summed E-state index contributed by atoms with van der Waals surface area (Å²) < 4.78 is 1.10. The van der Waals surface area contributed by atoms with Crippen LogP contribution in [0.2, 0.25) is 0 Å². The molecule has 0 aliphatic heterocycles. The van der Waals surface area contributed by atoms with E-state index in [9.17, 15) is 0 Å². The van der Waals surface area contributed by atoms with Gasteiger partial charge in [0.05, 0.1) is 11.7 Å².